The smallest absolute Gasteiger partial charge is 0.162 e. The Kier molecular flexibility index (Phi) is 4.93. The summed E-state index contributed by atoms with van der Waals surface area (Å²) in [6, 6.07) is 3.89. The van der Waals surface area contributed by atoms with Gasteiger partial charge in [-0.3, -0.25) is 4.21 Å². The van der Waals surface area contributed by atoms with E-state index in [2.05, 4.69) is 5.32 Å². The van der Waals surface area contributed by atoms with Gasteiger partial charge in [0, 0.05) is 40.5 Å². The molecule has 0 radical (unpaired) electrons. The van der Waals surface area contributed by atoms with Gasteiger partial charge < -0.3 is 14.8 Å². The van der Waals surface area contributed by atoms with Gasteiger partial charge in [0.05, 0.1) is 24.9 Å². The van der Waals surface area contributed by atoms with Crippen LogP contribution < -0.4 is 14.8 Å². The maximum Gasteiger partial charge on any atom is 0.162 e. The average molecular weight is 304 g/mol. The molecule has 1 aliphatic heterocycles. The van der Waals surface area contributed by atoms with Crippen molar-refractivity contribution in [3.05, 3.63) is 17.2 Å². The van der Waals surface area contributed by atoms with Gasteiger partial charge in [0.15, 0.2) is 11.5 Å². The molecule has 2 rings (SSSR count). The number of methoxy groups -OCH3 is 2. The molecule has 0 aromatic heterocycles. The molecule has 19 heavy (non-hydrogen) atoms. The van der Waals surface area contributed by atoms with Gasteiger partial charge in [-0.15, -0.1) is 0 Å². The third-order valence-corrected chi connectivity index (χ3v) is 4.92. The van der Waals surface area contributed by atoms with E-state index in [1.807, 2.05) is 6.07 Å². The van der Waals surface area contributed by atoms with Gasteiger partial charge in [-0.1, -0.05) is 11.6 Å². The highest BCUT2D eigenvalue weighted by atomic mass is 35.5. The zero-order valence-electron chi connectivity index (χ0n) is 11.1. The van der Waals surface area contributed by atoms with Crippen LogP contribution in [0.5, 0.6) is 11.5 Å². The highest BCUT2D eigenvalue weighted by Crippen LogP contribution is 2.36. The van der Waals surface area contributed by atoms with Crippen LogP contribution in [0.4, 0.5) is 5.69 Å². The summed E-state index contributed by atoms with van der Waals surface area (Å²) in [5.74, 6) is 2.77. The molecule has 0 bridgehead atoms. The molecule has 106 valence electrons. The Balaban J connectivity index is 2.13. The molecule has 1 aromatic carbocycles. The second kappa shape index (κ2) is 6.48. The lowest BCUT2D eigenvalue weighted by Crippen LogP contribution is -2.29. The van der Waals surface area contributed by atoms with Crippen LogP contribution >= 0.6 is 11.6 Å². The number of anilines is 1. The van der Waals surface area contributed by atoms with Gasteiger partial charge in [-0.05, 0) is 12.8 Å². The van der Waals surface area contributed by atoms with Crippen molar-refractivity contribution in [1.29, 1.82) is 0 Å². The minimum atomic E-state index is -0.653. The van der Waals surface area contributed by atoms with E-state index < -0.39 is 10.8 Å². The van der Waals surface area contributed by atoms with E-state index in [0.29, 0.717) is 22.6 Å². The highest BCUT2D eigenvalue weighted by Gasteiger charge is 2.19. The lowest BCUT2D eigenvalue weighted by Gasteiger charge is -2.24. The van der Waals surface area contributed by atoms with Crippen LogP contribution in [0.15, 0.2) is 12.1 Å². The SMILES string of the molecule is COc1cc(Cl)c(NC2CCS(=O)CC2)cc1OC. The first kappa shape index (κ1) is 14.5. The summed E-state index contributed by atoms with van der Waals surface area (Å²) in [6.07, 6.45) is 1.80. The van der Waals surface area contributed by atoms with E-state index in [1.54, 1.807) is 20.3 Å². The summed E-state index contributed by atoms with van der Waals surface area (Å²) in [7, 11) is 2.52. The van der Waals surface area contributed by atoms with Crippen molar-refractivity contribution in [3.63, 3.8) is 0 Å². The lowest BCUT2D eigenvalue weighted by atomic mass is 10.1. The normalized spacial score (nSPS) is 22.9. The van der Waals surface area contributed by atoms with Crippen LogP contribution in [-0.2, 0) is 10.8 Å². The van der Waals surface area contributed by atoms with Crippen LogP contribution in [0.3, 0.4) is 0 Å². The van der Waals surface area contributed by atoms with Crippen molar-refractivity contribution in [2.75, 3.05) is 31.0 Å². The van der Waals surface area contributed by atoms with E-state index in [1.165, 1.54) is 0 Å². The largest absolute Gasteiger partial charge is 0.493 e. The van der Waals surface area contributed by atoms with Crippen LogP contribution in [0.1, 0.15) is 12.8 Å². The second-order valence-electron chi connectivity index (χ2n) is 4.45. The molecule has 1 heterocycles. The summed E-state index contributed by atoms with van der Waals surface area (Å²) < 4.78 is 21.8. The fourth-order valence-corrected chi connectivity index (χ4v) is 3.63. The first-order valence-corrected chi connectivity index (χ1v) is 8.03. The first-order chi connectivity index (χ1) is 9.13. The van der Waals surface area contributed by atoms with Crippen molar-refractivity contribution in [1.82, 2.24) is 0 Å². The van der Waals surface area contributed by atoms with Gasteiger partial charge >= 0.3 is 0 Å². The Bertz CT molecular complexity index is 471. The van der Waals surface area contributed by atoms with Gasteiger partial charge in [0.25, 0.3) is 0 Å². The minimum Gasteiger partial charge on any atom is -0.493 e. The number of nitrogens with one attached hydrogen (secondary N) is 1. The van der Waals surface area contributed by atoms with Crippen LogP contribution in [0.2, 0.25) is 5.02 Å². The predicted molar refractivity (Wildman–Crippen MR) is 79.1 cm³/mol. The minimum absolute atomic E-state index is 0.313. The Morgan fingerprint density at radius 1 is 1.21 bits per heavy atom. The molecule has 0 unspecified atom stereocenters. The lowest BCUT2D eigenvalue weighted by molar-refractivity contribution is 0.355. The van der Waals surface area contributed by atoms with E-state index in [-0.39, 0.29) is 0 Å². The summed E-state index contributed by atoms with van der Waals surface area (Å²) in [5, 5.41) is 4.00. The number of halogens is 1. The van der Waals surface area contributed by atoms with Gasteiger partial charge in [0.2, 0.25) is 0 Å². The molecule has 4 nitrogen and oxygen atoms in total. The van der Waals surface area contributed by atoms with Crippen molar-refractivity contribution >= 4 is 28.1 Å². The maximum atomic E-state index is 11.3. The molecule has 1 aromatic rings. The molecular formula is C13H18ClNO3S. The molecule has 0 atom stereocenters. The second-order valence-corrected chi connectivity index (χ2v) is 6.56. The molecule has 0 saturated carbocycles. The predicted octanol–water partition coefficient (Wildman–Crippen LogP) is 2.68. The fourth-order valence-electron chi connectivity index (χ4n) is 2.12. The van der Waals surface area contributed by atoms with E-state index in [4.69, 9.17) is 21.1 Å². The Hall–Kier alpha value is -0.940. The maximum absolute atomic E-state index is 11.3. The molecule has 1 aliphatic rings. The van der Waals surface area contributed by atoms with E-state index >= 15 is 0 Å². The summed E-state index contributed by atoms with van der Waals surface area (Å²) in [5.41, 5.74) is 0.831. The first-order valence-electron chi connectivity index (χ1n) is 6.17. The molecule has 0 spiro atoms. The van der Waals surface area contributed by atoms with E-state index in [0.717, 1.165) is 30.0 Å². The number of rotatable bonds is 4. The Morgan fingerprint density at radius 2 is 1.79 bits per heavy atom. The molecule has 0 aliphatic carbocycles. The molecule has 1 fully saturated rings. The number of benzene rings is 1. The average Bonchev–Trinajstić information content (AvgIpc) is 2.43. The molecule has 1 saturated heterocycles. The van der Waals surface area contributed by atoms with Gasteiger partial charge in [0.1, 0.15) is 0 Å². The number of ether oxygens (including phenoxy) is 2. The monoisotopic (exact) mass is 303 g/mol. The van der Waals surface area contributed by atoms with Crippen LogP contribution in [0, 0.1) is 0 Å². The topological polar surface area (TPSA) is 47.6 Å². The van der Waals surface area contributed by atoms with Gasteiger partial charge in [-0.25, -0.2) is 0 Å². The van der Waals surface area contributed by atoms with Crippen molar-refractivity contribution in [2.24, 2.45) is 0 Å². The summed E-state index contributed by atoms with van der Waals surface area (Å²) in [6.45, 7) is 0. The molecular weight excluding hydrogens is 286 g/mol. The fraction of sp³-hybridized carbons (Fsp3) is 0.538. The van der Waals surface area contributed by atoms with Crippen molar-refractivity contribution in [2.45, 2.75) is 18.9 Å². The standard InChI is InChI=1S/C13H18ClNO3S/c1-17-12-7-10(14)11(8-13(12)18-2)15-9-3-5-19(16)6-4-9/h7-9,15H,3-6H2,1-2H3. The summed E-state index contributed by atoms with van der Waals surface area (Å²) in [4.78, 5) is 0. The van der Waals surface area contributed by atoms with Crippen LogP contribution in [-0.4, -0.2) is 36.0 Å². The van der Waals surface area contributed by atoms with E-state index in [9.17, 15) is 4.21 Å². The van der Waals surface area contributed by atoms with Crippen molar-refractivity contribution in [3.8, 4) is 11.5 Å². The summed E-state index contributed by atoms with van der Waals surface area (Å²) >= 11 is 6.23. The Labute approximate surface area is 120 Å². The highest BCUT2D eigenvalue weighted by molar-refractivity contribution is 7.85. The number of hydrogen-bond acceptors (Lipinski definition) is 4. The van der Waals surface area contributed by atoms with Crippen molar-refractivity contribution < 1.29 is 13.7 Å². The molecule has 1 N–H and O–H groups in total. The molecule has 0 amide bonds. The molecule has 6 heteroatoms. The van der Waals surface area contributed by atoms with Gasteiger partial charge in [-0.2, -0.15) is 0 Å². The van der Waals surface area contributed by atoms with Crippen LogP contribution in [0.25, 0.3) is 0 Å². The third-order valence-electron chi connectivity index (χ3n) is 3.22. The number of hydrogen-bond donors (Lipinski definition) is 1. The quantitative estimate of drug-likeness (QED) is 0.929. The zero-order valence-corrected chi connectivity index (χ0v) is 12.6. The third kappa shape index (κ3) is 3.54. The Morgan fingerprint density at radius 3 is 2.37 bits per heavy atom. The zero-order chi connectivity index (χ0) is 13.8.